The maximum Gasteiger partial charge on any atom is 0.257 e. The minimum Gasteiger partial charge on any atom is -0.484 e. The van der Waals surface area contributed by atoms with Gasteiger partial charge in [-0.1, -0.05) is 29.3 Å². The second-order valence-corrected chi connectivity index (χ2v) is 10.9. The summed E-state index contributed by atoms with van der Waals surface area (Å²) in [5, 5.41) is 26.3. The quantitative estimate of drug-likeness (QED) is 0.182. The van der Waals surface area contributed by atoms with Crippen LogP contribution in [0.4, 0.5) is 5.95 Å². The van der Waals surface area contributed by atoms with Crippen LogP contribution in [0.2, 0.25) is 10.0 Å². The number of hydrogen-bond donors (Lipinski definition) is 4. The van der Waals surface area contributed by atoms with Gasteiger partial charge in [0.05, 0.1) is 45.3 Å². The standard InChI is InChI=1S/C23H23Cl2N7O2S.C4H9NO2/c1-32(2)9-8-26-20(33)13-34-14-6-7-19-17(10-14)29-21(35-19)12-27-23-30-18(11-28-31-23)22-15(24)4-3-5-16(22)25;1-4(7)5-2-3-6/h3-7,10-11H,8-9,12-13H2,1-2H3,(H,26,33)(H,27,30,31);6H,2-3H2,1H3,(H,5,7). The van der Waals surface area contributed by atoms with Gasteiger partial charge in [-0.25, -0.2) is 9.97 Å². The number of amides is 2. The van der Waals surface area contributed by atoms with Gasteiger partial charge in [0.25, 0.3) is 5.91 Å². The highest BCUT2D eigenvalue weighted by Crippen LogP contribution is 2.33. The van der Waals surface area contributed by atoms with Gasteiger partial charge in [0, 0.05) is 38.2 Å². The van der Waals surface area contributed by atoms with Gasteiger partial charge in [-0.05, 0) is 38.4 Å². The first-order valence-electron chi connectivity index (χ1n) is 12.8. The van der Waals surface area contributed by atoms with Crippen molar-refractivity contribution >= 4 is 62.5 Å². The number of ether oxygens (including phenoxy) is 1. The summed E-state index contributed by atoms with van der Waals surface area (Å²) in [6.45, 7) is 3.49. The number of anilines is 1. The highest BCUT2D eigenvalue weighted by Gasteiger charge is 2.12. The third kappa shape index (κ3) is 10.7. The lowest BCUT2D eigenvalue weighted by Crippen LogP contribution is -2.34. The van der Waals surface area contributed by atoms with Crippen molar-refractivity contribution in [2.75, 3.05) is 52.3 Å². The number of rotatable bonds is 12. The Morgan fingerprint density at radius 1 is 1.07 bits per heavy atom. The topological polar surface area (TPSA) is 154 Å². The molecule has 224 valence electrons. The Labute approximate surface area is 257 Å². The molecule has 2 aromatic heterocycles. The molecule has 0 fully saturated rings. The minimum absolute atomic E-state index is 0.0135. The van der Waals surface area contributed by atoms with Crippen molar-refractivity contribution in [1.82, 2.24) is 35.7 Å². The van der Waals surface area contributed by atoms with Crippen molar-refractivity contribution in [3.63, 3.8) is 0 Å². The van der Waals surface area contributed by atoms with Crippen molar-refractivity contribution in [3.8, 4) is 17.0 Å². The molecule has 0 aliphatic carbocycles. The Kier molecular flexibility index (Phi) is 13.1. The molecular weight excluding hydrogens is 603 g/mol. The molecule has 4 rings (SSSR count). The van der Waals surface area contributed by atoms with Crippen molar-refractivity contribution in [1.29, 1.82) is 0 Å². The summed E-state index contributed by atoms with van der Waals surface area (Å²) in [5.74, 6) is 0.655. The van der Waals surface area contributed by atoms with Crippen LogP contribution in [0, 0.1) is 0 Å². The molecule has 0 unspecified atom stereocenters. The molecule has 2 aromatic carbocycles. The van der Waals surface area contributed by atoms with Gasteiger partial charge >= 0.3 is 0 Å². The molecule has 15 heteroatoms. The van der Waals surface area contributed by atoms with E-state index in [0.29, 0.717) is 52.6 Å². The zero-order valence-corrected chi connectivity index (χ0v) is 25.7. The Hall–Kier alpha value is -3.62. The first-order chi connectivity index (χ1) is 20.2. The number of fused-ring (bicyclic) bond motifs is 1. The molecule has 4 N–H and O–H groups in total. The number of hydrogen-bond acceptors (Lipinski definition) is 11. The van der Waals surface area contributed by atoms with Crippen molar-refractivity contribution in [3.05, 3.63) is 57.6 Å². The highest BCUT2D eigenvalue weighted by atomic mass is 35.5. The van der Waals surface area contributed by atoms with Crippen molar-refractivity contribution < 1.29 is 19.4 Å². The minimum atomic E-state index is -0.163. The zero-order valence-electron chi connectivity index (χ0n) is 23.4. The highest BCUT2D eigenvalue weighted by molar-refractivity contribution is 7.18. The molecule has 0 saturated carbocycles. The van der Waals surface area contributed by atoms with Crippen LogP contribution in [0.3, 0.4) is 0 Å². The van der Waals surface area contributed by atoms with Gasteiger partial charge in [-0.2, -0.15) is 5.10 Å². The van der Waals surface area contributed by atoms with Gasteiger partial charge in [-0.3, -0.25) is 9.59 Å². The predicted octanol–water partition coefficient (Wildman–Crippen LogP) is 3.24. The van der Waals surface area contributed by atoms with E-state index in [9.17, 15) is 9.59 Å². The van der Waals surface area contributed by atoms with E-state index in [2.05, 4.69) is 36.1 Å². The lowest BCUT2D eigenvalue weighted by Gasteiger charge is -2.11. The summed E-state index contributed by atoms with van der Waals surface area (Å²) in [6, 6.07) is 10.8. The maximum atomic E-state index is 11.9. The largest absolute Gasteiger partial charge is 0.484 e. The molecule has 0 saturated heterocycles. The van der Waals surface area contributed by atoms with E-state index >= 15 is 0 Å². The third-order valence-corrected chi connectivity index (χ3v) is 6.98. The van der Waals surface area contributed by atoms with Crippen LogP contribution in [0.5, 0.6) is 5.75 Å². The van der Waals surface area contributed by atoms with Crippen molar-refractivity contribution in [2.24, 2.45) is 0 Å². The average molecular weight is 636 g/mol. The Balaban J connectivity index is 0.000000616. The molecule has 0 aliphatic heterocycles. The van der Waals surface area contributed by atoms with Gasteiger partial charge in [0.2, 0.25) is 11.9 Å². The van der Waals surface area contributed by atoms with E-state index in [1.165, 1.54) is 24.5 Å². The fourth-order valence-corrected chi connectivity index (χ4v) is 4.85. The monoisotopic (exact) mass is 634 g/mol. The van der Waals surface area contributed by atoms with E-state index in [-0.39, 0.29) is 25.0 Å². The van der Waals surface area contributed by atoms with E-state index in [1.54, 1.807) is 18.2 Å². The van der Waals surface area contributed by atoms with Crippen molar-refractivity contribution in [2.45, 2.75) is 13.5 Å². The molecule has 0 spiro atoms. The normalized spacial score (nSPS) is 10.6. The van der Waals surface area contributed by atoms with E-state index < -0.39 is 0 Å². The number of carbonyl (C=O) groups is 2. The zero-order chi connectivity index (χ0) is 30.5. The molecule has 0 radical (unpaired) electrons. The second kappa shape index (κ2) is 16.7. The van der Waals surface area contributed by atoms with Gasteiger partial charge < -0.3 is 30.7 Å². The molecule has 0 atom stereocenters. The molecule has 12 nitrogen and oxygen atoms in total. The summed E-state index contributed by atoms with van der Waals surface area (Å²) in [7, 11) is 3.90. The number of carbonyl (C=O) groups excluding carboxylic acids is 2. The summed E-state index contributed by atoms with van der Waals surface area (Å²) in [6.07, 6.45) is 1.51. The first-order valence-corrected chi connectivity index (χ1v) is 14.4. The molecule has 0 aliphatic rings. The van der Waals surface area contributed by atoms with Crippen LogP contribution < -0.4 is 20.7 Å². The number of thiazole rings is 1. The predicted molar refractivity (Wildman–Crippen MR) is 165 cm³/mol. The van der Waals surface area contributed by atoms with Crippen LogP contribution >= 0.6 is 34.5 Å². The smallest absolute Gasteiger partial charge is 0.257 e. The number of likely N-dealkylation sites (N-methyl/N-ethyl adjacent to an activating group) is 1. The van der Waals surface area contributed by atoms with Gasteiger partial charge in [0.15, 0.2) is 6.61 Å². The maximum absolute atomic E-state index is 11.9. The number of aliphatic hydroxyl groups is 1. The number of aliphatic hydroxyl groups excluding tert-OH is 1. The fourth-order valence-electron chi connectivity index (χ4n) is 3.37. The number of aromatic nitrogens is 4. The number of nitrogens with one attached hydrogen (secondary N) is 3. The molecule has 2 amide bonds. The van der Waals surface area contributed by atoms with Crippen LogP contribution in [-0.2, 0) is 16.1 Å². The SMILES string of the molecule is CC(=O)NCCO.CN(C)CCNC(=O)COc1ccc2sc(CNc3nncc(-c4c(Cl)cccc4Cl)n3)nc2c1. The van der Waals surface area contributed by atoms with Crippen LogP contribution in [0.1, 0.15) is 11.9 Å². The van der Waals surface area contributed by atoms with E-state index in [4.69, 9.17) is 33.0 Å². The van der Waals surface area contributed by atoms with Crippen LogP contribution in [-0.4, -0.2) is 88.9 Å². The summed E-state index contributed by atoms with van der Waals surface area (Å²) >= 11 is 14.1. The third-order valence-electron chi connectivity index (χ3n) is 5.32. The summed E-state index contributed by atoms with van der Waals surface area (Å²) < 4.78 is 6.62. The molecule has 0 bridgehead atoms. The van der Waals surface area contributed by atoms with E-state index in [0.717, 1.165) is 21.8 Å². The van der Waals surface area contributed by atoms with Crippen LogP contribution in [0.25, 0.3) is 21.5 Å². The summed E-state index contributed by atoms with van der Waals surface area (Å²) in [4.78, 5) is 33.0. The average Bonchev–Trinajstić information content (AvgIpc) is 3.36. The summed E-state index contributed by atoms with van der Waals surface area (Å²) in [5.41, 5.74) is 1.91. The van der Waals surface area contributed by atoms with Gasteiger partial charge in [-0.15, -0.1) is 16.4 Å². The number of halogens is 2. The second-order valence-electron chi connectivity index (χ2n) is 9.00. The molecular formula is C27H32Cl2N8O4S. The molecule has 42 heavy (non-hydrogen) atoms. The molecule has 4 aromatic rings. The van der Waals surface area contributed by atoms with Crippen LogP contribution in [0.15, 0.2) is 42.6 Å². The lowest BCUT2D eigenvalue weighted by atomic mass is 10.1. The first kappa shape index (κ1) is 32.9. The Morgan fingerprint density at radius 3 is 2.50 bits per heavy atom. The van der Waals surface area contributed by atoms with Gasteiger partial charge in [0.1, 0.15) is 10.8 Å². The van der Waals surface area contributed by atoms with E-state index in [1.807, 2.05) is 37.2 Å². The molecule has 2 heterocycles. The Bertz CT molecular complexity index is 1470. The fraction of sp³-hybridized carbons (Fsp3) is 0.333. The number of benzene rings is 2. The number of nitrogens with zero attached hydrogens (tertiary/aromatic N) is 5. The Morgan fingerprint density at radius 2 is 1.83 bits per heavy atom. The lowest BCUT2D eigenvalue weighted by molar-refractivity contribution is -0.123.